The van der Waals surface area contributed by atoms with Gasteiger partial charge >= 0.3 is 0 Å². The number of rotatable bonds is 5. The number of nitrogens with one attached hydrogen (secondary N) is 1. The summed E-state index contributed by atoms with van der Waals surface area (Å²) in [6.07, 6.45) is 0.924. The number of amides is 1. The highest BCUT2D eigenvalue weighted by molar-refractivity contribution is 7.09. The molecule has 0 bridgehead atoms. The maximum atomic E-state index is 11.6. The van der Waals surface area contributed by atoms with Gasteiger partial charge in [0, 0.05) is 4.88 Å². The lowest BCUT2D eigenvalue weighted by Gasteiger charge is -2.17. The van der Waals surface area contributed by atoms with E-state index in [4.69, 9.17) is 5.73 Å². The van der Waals surface area contributed by atoms with Crippen molar-refractivity contribution in [3.63, 3.8) is 0 Å². The number of thiophene rings is 1. The SMILES string of the molecule is CC[C@H](C)[C@H](N)C(=O)NCc1cccs1. The predicted octanol–water partition coefficient (Wildman–Crippen LogP) is 1.74. The fourth-order valence-electron chi connectivity index (χ4n) is 1.22. The second kappa shape index (κ2) is 5.88. The van der Waals surface area contributed by atoms with Gasteiger partial charge in [-0.05, 0) is 17.4 Å². The summed E-state index contributed by atoms with van der Waals surface area (Å²) in [4.78, 5) is 12.8. The van der Waals surface area contributed by atoms with E-state index >= 15 is 0 Å². The first-order valence-corrected chi connectivity index (χ1v) is 6.08. The van der Waals surface area contributed by atoms with Crippen LogP contribution in [0.1, 0.15) is 25.1 Å². The van der Waals surface area contributed by atoms with Gasteiger partial charge in [-0.15, -0.1) is 11.3 Å². The first-order chi connectivity index (χ1) is 7.15. The highest BCUT2D eigenvalue weighted by Crippen LogP contribution is 2.09. The molecule has 0 spiro atoms. The van der Waals surface area contributed by atoms with Crippen molar-refractivity contribution in [2.45, 2.75) is 32.9 Å². The van der Waals surface area contributed by atoms with Crippen LogP contribution in [0.15, 0.2) is 17.5 Å². The number of nitrogens with two attached hydrogens (primary N) is 1. The molecule has 0 fully saturated rings. The first kappa shape index (κ1) is 12.2. The minimum Gasteiger partial charge on any atom is -0.350 e. The Morgan fingerprint density at radius 1 is 1.67 bits per heavy atom. The minimum absolute atomic E-state index is 0.0576. The van der Waals surface area contributed by atoms with Crippen LogP contribution in [0.4, 0.5) is 0 Å². The largest absolute Gasteiger partial charge is 0.350 e. The first-order valence-electron chi connectivity index (χ1n) is 5.20. The van der Waals surface area contributed by atoms with Gasteiger partial charge in [-0.25, -0.2) is 0 Å². The molecule has 2 atom stereocenters. The summed E-state index contributed by atoms with van der Waals surface area (Å²) in [7, 11) is 0. The van der Waals surface area contributed by atoms with Crippen LogP contribution in [-0.4, -0.2) is 11.9 Å². The van der Waals surface area contributed by atoms with E-state index in [1.807, 2.05) is 31.4 Å². The van der Waals surface area contributed by atoms with Gasteiger partial charge in [0.05, 0.1) is 12.6 Å². The minimum atomic E-state index is -0.394. The van der Waals surface area contributed by atoms with E-state index in [9.17, 15) is 4.79 Å². The molecule has 0 aromatic carbocycles. The summed E-state index contributed by atoms with van der Waals surface area (Å²) >= 11 is 1.64. The van der Waals surface area contributed by atoms with E-state index in [0.29, 0.717) is 6.54 Å². The maximum Gasteiger partial charge on any atom is 0.237 e. The molecule has 4 heteroatoms. The zero-order valence-corrected chi connectivity index (χ0v) is 10.0. The van der Waals surface area contributed by atoms with Gasteiger partial charge in [-0.1, -0.05) is 26.3 Å². The summed E-state index contributed by atoms with van der Waals surface area (Å²) in [5.41, 5.74) is 5.80. The molecule has 1 heterocycles. The van der Waals surface area contributed by atoms with E-state index in [2.05, 4.69) is 5.32 Å². The lowest BCUT2D eigenvalue weighted by Crippen LogP contribution is -2.44. The molecule has 3 N–H and O–H groups in total. The Morgan fingerprint density at radius 2 is 2.40 bits per heavy atom. The summed E-state index contributed by atoms with van der Waals surface area (Å²) in [6, 6.07) is 3.58. The van der Waals surface area contributed by atoms with Crippen molar-refractivity contribution in [2.75, 3.05) is 0 Å². The third-order valence-electron chi connectivity index (χ3n) is 2.58. The van der Waals surface area contributed by atoms with Crippen LogP contribution in [0.2, 0.25) is 0 Å². The van der Waals surface area contributed by atoms with E-state index in [1.165, 1.54) is 0 Å². The monoisotopic (exact) mass is 226 g/mol. The van der Waals surface area contributed by atoms with Crippen molar-refractivity contribution in [1.82, 2.24) is 5.32 Å². The molecular weight excluding hydrogens is 208 g/mol. The Bertz CT molecular complexity index is 298. The Kier molecular flexibility index (Phi) is 4.78. The zero-order valence-electron chi connectivity index (χ0n) is 9.19. The smallest absolute Gasteiger partial charge is 0.237 e. The van der Waals surface area contributed by atoms with Gasteiger partial charge in [-0.3, -0.25) is 4.79 Å². The molecule has 3 nitrogen and oxygen atoms in total. The molecule has 84 valence electrons. The Hall–Kier alpha value is -0.870. The topological polar surface area (TPSA) is 55.1 Å². The van der Waals surface area contributed by atoms with E-state index in [1.54, 1.807) is 11.3 Å². The Morgan fingerprint density at radius 3 is 2.93 bits per heavy atom. The van der Waals surface area contributed by atoms with Crippen LogP contribution in [0, 0.1) is 5.92 Å². The highest BCUT2D eigenvalue weighted by atomic mass is 32.1. The average molecular weight is 226 g/mol. The van der Waals surface area contributed by atoms with Crippen LogP contribution < -0.4 is 11.1 Å². The fourth-order valence-corrected chi connectivity index (χ4v) is 1.86. The number of hydrogen-bond donors (Lipinski definition) is 2. The van der Waals surface area contributed by atoms with Crippen LogP contribution in [0.5, 0.6) is 0 Å². The van der Waals surface area contributed by atoms with Crippen LogP contribution >= 0.6 is 11.3 Å². The van der Waals surface area contributed by atoms with E-state index < -0.39 is 6.04 Å². The van der Waals surface area contributed by atoms with Crippen molar-refractivity contribution >= 4 is 17.2 Å². The van der Waals surface area contributed by atoms with E-state index in [-0.39, 0.29) is 11.8 Å². The lowest BCUT2D eigenvalue weighted by atomic mass is 9.99. The van der Waals surface area contributed by atoms with Gasteiger partial charge in [-0.2, -0.15) is 0 Å². The van der Waals surface area contributed by atoms with E-state index in [0.717, 1.165) is 11.3 Å². The van der Waals surface area contributed by atoms with Gasteiger partial charge < -0.3 is 11.1 Å². The van der Waals surface area contributed by atoms with Crippen molar-refractivity contribution in [1.29, 1.82) is 0 Å². The molecule has 1 rings (SSSR count). The molecule has 0 aliphatic carbocycles. The quantitative estimate of drug-likeness (QED) is 0.803. The number of carbonyl (C=O) groups excluding carboxylic acids is 1. The molecular formula is C11H18N2OS. The summed E-state index contributed by atoms with van der Waals surface area (Å²) in [5.74, 6) is 0.172. The van der Waals surface area contributed by atoms with Gasteiger partial charge in [0.25, 0.3) is 0 Å². The third kappa shape index (κ3) is 3.64. The predicted molar refractivity (Wildman–Crippen MR) is 63.6 cm³/mol. The second-order valence-electron chi connectivity index (χ2n) is 3.71. The molecule has 0 saturated heterocycles. The molecule has 1 amide bonds. The maximum absolute atomic E-state index is 11.6. The lowest BCUT2D eigenvalue weighted by molar-refractivity contribution is -0.123. The standard InChI is InChI=1S/C11H18N2OS/c1-3-8(2)10(12)11(14)13-7-9-5-4-6-15-9/h4-6,8,10H,3,7,12H2,1-2H3,(H,13,14)/t8-,10-/m0/s1. The van der Waals surface area contributed by atoms with Crippen molar-refractivity contribution in [3.05, 3.63) is 22.4 Å². The molecule has 0 radical (unpaired) electrons. The van der Waals surface area contributed by atoms with Crippen molar-refractivity contribution < 1.29 is 4.79 Å². The van der Waals surface area contributed by atoms with Crippen molar-refractivity contribution in [2.24, 2.45) is 11.7 Å². The molecule has 1 aromatic heterocycles. The van der Waals surface area contributed by atoms with Gasteiger partial charge in [0.1, 0.15) is 0 Å². The highest BCUT2D eigenvalue weighted by Gasteiger charge is 2.18. The van der Waals surface area contributed by atoms with Crippen LogP contribution in [0.25, 0.3) is 0 Å². The normalized spacial score (nSPS) is 14.6. The Labute approximate surface area is 94.7 Å². The average Bonchev–Trinajstić information content (AvgIpc) is 2.76. The molecule has 1 aromatic rings. The molecule has 0 aliphatic heterocycles. The summed E-state index contributed by atoms with van der Waals surface area (Å²) in [6.45, 7) is 4.62. The second-order valence-corrected chi connectivity index (χ2v) is 4.74. The summed E-state index contributed by atoms with van der Waals surface area (Å²) in [5, 5.41) is 4.84. The van der Waals surface area contributed by atoms with Gasteiger partial charge in [0.2, 0.25) is 5.91 Å². The molecule has 0 saturated carbocycles. The molecule has 15 heavy (non-hydrogen) atoms. The summed E-state index contributed by atoms with van der Waals surface area (Å²) < 4.78 is 0. The third-order valence-corrected chi connectivity index (χ3v) is 3.45. The Balaban J connectivity index is 2.36. The van der Waals surface area contributed by atoms with Crippen molar-refractivity contribution in [3.8, 4) is 0 Å². The molecule has 0 aliphatic rings. The molecule has 0 unspecified atom stereocenters. The van der Waals surface area contributed by atoms with Gasteiger partial charge in [0.15, 0.2) is 0 Å². The number of carbonyl (C=O) groups is 1. The zero-order chi connectivity index (χ0) is 11.3. The van der Waals surface area contributed by atoms with Crippen LogP contribution in [-0.2, 0) is 11.3 Å². The fraction of sp³-hybridized carbons (Fsp3) is 0.545. The number of hydrogen-bond acceptors (Lipinski definition) is 3. The van der Waals surface area contributed by atoms with Crippen LogP contribution in [0.3, 0.4) is 0 Å².